The van der Waals surface area contributed by atoms with E-state index in [-0.39, 0.29) is 17.7 Å². The molecule has 4 rings (SSSR count). The van der Waals surface area contributed by atoms with Gasteiger partial charge in [-0.2, -0.15) is 0 Å². The Morgan fingerprint density at radius 1 is 1.00 bits per heavy atom. The predicted octanol–water partition coefficient (Wildman–Crippen LogP) is 5.28. The molecular formula is C25H25ClN2O2S. The normalized spacial score (nSPS) is 14.4. The van der Waals surface area contributed by atoms with Crippen molar-refractivity contribution in [3.05, 3.63) is 82.2 Å². The number of hydrogen-bond donors (Lipinski definition) is 1. The number of carbonyl (C=O) groups excluding carboxylic acids is 2. The highest BCUT2D eigenvalue weighted by atomic mass is 35.5. The third-order valence-electron chi connectivity index (χ3n) is 5.72. The number of amides is 2. The van der Waals surface area contributed by atoms with Crippen molar-refractivity contribution in [2.75, 3.05) is 19.6 Å². The second-order valence-corrected chi connectivity index (χ2v) is 9.17. The number of nitrogens with zero attached hydrogens (tertiary/aromatic N) is 1. The predicted molar refractivity (Wildman–Crippen MR) is 127 cm³/mol. The lowest BCUT2D eigenvalue weighted by Gasteiger charge is -2.31. The molecule has 0 saturated carbocycles. The molecule has 0 bridgehead atoms. The van der Waals surface area contributed by atoms with Crippen molar-refractivity contribution in [1.82, 2.24) is 10.2 Å². The van der Waals surface area contributed by atoms with Crippen molar-refractivity contribution >= 4 is 34.8 Å². The number of likely N-dealkylation sites (tertiary alicyclic amines) is 1. The van der Waals surface area contributed by atoms with Crippen LogP contribution in [-0.2, 0) is 11.2 Å². The van der Waals surface area contributed by atoms with E-state index in [9.17, 15) is 9.59 Å². The van der Waals surface area contributed by atoms with E-state index in [0.717, 1.165) is 17.5 Å². The maximum Gasteiger partial charge on any atom is 0.253 e. The third kappa shape index (κ3) is 5.54. The maximum absolute atomic E-state index is 12.8. The molecule has 0 aliphatic carbocycles. The number of halogens is 1. The molecule has 1 aliphatic heterocycles. The van der Waals surface area contributed by atoms with Crippen molar-refractivity contribution in [2.45, 2.75) is 19.3 Å². The standard InChI is InChI=1S/C25H25ClN2O2S/c26-22-9-3-18(4-10-22)11-14-27-24(29)20-12-15-28(16-13-20)25(30)21-7-5-19(6-8-21)23-2-1-17-31-23/h1-10,17,20H,11-16H2,(H,27,29). The first-order valence-electron chi connectivity index (χ1n) is 10.6. The summed E-state index contributed by atoms with van der Waals surface area (Å²) in [5, 5.41) is 5.80. The number of benzene rings is 2. The van der Waals surface area contributed by atoms with Gasteiger partial charge in [0.2, 0.25) is 5.91 Å². The van der Waals surface area contributed by atoms with Crippen LogP contribution in [0.25, 0.3) is 10.4 Å². The Kier molecular flexibility index (Phi) is 7.05. The Morgan fingerprint density at radius 3 is 2.35 bits per heavy atom. The van der Waals surface area contributed by atoms with E-state index < -0.39 is 0 Å². The third-order valence-corrected chi connectivity index (χ3v) is 6.89. The average Bonchev–Trinajstić information content (AvgIpc) is 3.35. The van der Waals surface area contributed by atoms with Crippen LogP contribution in [-0.4, -0.2) is 36.3 Å². The molecule has 1 aliphatic rings. The molecule has 31 heavy (non-hydrogen) atoms. The Labute approximate surface area is 191 Å². The smallest absolute Gasteiger partial charge is 0.253 e. The summed E-state index contributed by atoms with van der Waals surface area (Å²) >= 11 is 7.59. The van der Waals surface area contributed by atoms with Crippen molar-refractivity contribution in [3.63, 3.8) is 0 Å². The molecule has 160 valence electrons. The van der Waals surface area contributed by atoms with Crippen LogP contribution in [0.4, 0.5) is 0 Å². The van der Waals surface area contributed by atoms with E-state index in [1.807, 2.05) is 64.9 Å². The quantitative estimate of drug-likeness (QED) is 0.553. The first-order chi connectivity index (χ1) is 15.1. The number of rotatable bonds is 6. The van der Waals surface area contributed by atoms with Gasteiger partial charge < -0.3 is 10.2 Å². The molecular weight excluding hydrogens is 428 g/mol. The van der Waals surface area contributed by atoms with Crippen molar-refractivity contribution in [1.29, 1.82) is 0 Å². The fourth-order valence-corrected chi connectivity index (χ4v) is 4.73. The first kappa shape index (κ1) is 21.6. The molecule has 1 saturated heterocycles. The fourth-order valence-electron chi connectivity index (χ4n) is 3.87. The Balaban J connectivity index is 1.23. The summed E-state index contributed by atoms with van der Waals surface area (Å²) in [6.45, 7) is 1.83. The number of thiophene rings is 1. The van der Waals surface area contributed by atoms with Gasteiger partial charge in [0.05, 0.1) is 0 Å². The van der Waals surface area contributed by atoms with Gasteiger partial charge in [-0.05, 0) is 66.1 Å². The topological polar surface area (TPSA) is 49.4 Å². The van der Waals surface area contributed by atoms with E-state index in [1.54, 1.807) is 11.3 Å². The fraction of sp³-hybridized carbons (Fsp3) is 0.280. The molecule has 2 heterocycles. The van der Waals surface area contributed by atoms with Crippen LogP contribution in [0.3, 0.4) is 0 Å². The molecule has 1 fully saturated rings. The summed E-state index contributed by atoms with van der Waals surface area (Å²) < 4.78 is 0. The van der Waals surface area contributed by atoms with Crippen LogP contribution in [0.5, 0.6) is 0 Å². The summed E-state index contributed by atoms with van der Waals surface area (Å²) in [5.41, 5.74) is 2.97. The molecule has 6 heteroatoms. The van der Waals surface area contributed by atoms with Crippen molar-refractivity contribution < 1.29 is 9.59 Å². The van der Waals surface area contributed by atoms with E-state index >= 15 is 0 Å². The molecule has 1 aromatic heterocycles. The summed E-state index contributed by atoms with van der Waals surface area (Å²) in [5.74, 6) is 0.0937. The zero-order valence-corrected chi connectivity index (χ0v) is 18.8. The van der Waals surface area contributed by atoms with E-state index in [2.05, 4.69) is 11.4 Å². The zero-order valence-electron chi connectivity index (χ0n) is 17.2. The minimum absolute atomic E-state index is 0.0320. The van der Waals surface area contributed by atoms with Gasteiger partial charge >= 0.3 is 0 Å². The SMILES string of the molecule is O=C(NCCc1ccc(Cl)cc1)C1CCN(C(=O)c2ccc(-c3cccs3)cc2)CC1. The number of nitrogens with one attached hydrogen (secondary N) is 1. The molecule has 0 spiro atoms. The monoisotopic (exact) mass is 452 g/mol. The highest BCUT2D eigenvalue weighted by molar-refractivity contribution is 7.13. The van der Waals surface area contributed by atoms with Crippen LogP contribution in [0.15, 0.2) is 66.0 Å². The Morgan fingerprint density at radius 2 is 1.71 bits per heavy atom. The van der Waals surface area contributed by atoms with Crippen molar-refractivity contribution in [2.24, 2.45) is 5.92 Å². The van der Waals surface area contributed by atoms with Crippen LogP contribution >= 0.6 is 22.9 Å². The van der Waals surface area contributed by atoms with Crippen molar-refractivity contribution in [3.8, 4) is 10.4 Å². The summed E-state index contributed by atoms with van der Waals surface area (Å²) in [7, 11) is 0. The van der Waals surface area contributed by atoms with Gasteiger partial charge in [-0.1, -0.05) is 41.9 Å². The number of piperidine rings is 1. The van der Waals surface area contributed by atoms with Gasteiger partial charge in [0.15, 0.2) is 0 Å². The molecule has 3 aromatic rings. The summed E-state index contributed by atoms with van der Waals surface area (Å²) in [6.07, 6.45) is 2.18. The van der Waals surface area contributed by atoms with Gasteiger partial charge in [-0.15, -0.1) is 11.3 Å². The second-order valence-electron chi connectivity index (χ2n) is 7.79. The molecule has 1 N–H and O–H groups in total. The molecule has 0 radical (unpaired) electrons. The summed E-state index contributed by atoms with van der Waals surface area (Å²) in [4.78, 5) is 28.4. The minimum atomic E-state index is -0.0320. The molecule has 2 amide bonds. The molecule has 2 aromatic carbocycles. The highest BCUT2D eigenvalue weighted by Gasteiger charge is 2.27. The summed E-state index contributed by atoms with van der Waals surface area (Å²) in [6, 6.07) is 19.6. The number of carbonyl (C=O) groups is 2. The van der Waals surface area contributed by atoms with Gasteiger partial charge in [0, 0.05) is 41.0 Å². The van der Waals surface area contributed by atoms with Crippen LogP contribution < -0.4 is 5.32 Å². The highest BCUT2D eigenvalue weighted by Crippen LogP contribution is 2.25. The molecule has 0 unspecified atom stereocenters. The Bertz CT molecular complexity index is 1010. The van der Waals surface area contributed by atoms with E-state index in [1.165, 1.54) is 4.88 Å². The second kappa shape index (κ2) is 10.1. The van der Waals surface area contributed by atoms with Gasteiger partial charge in [0.25, 0.3) is 5.91 Å². The van der Waals surface area contributed by atoms with E-state index in [4.69, 9.17) is 11.6 Å². The maximum atomic E-state index is 12.8. The lowest BCUT2D eigenvalue weighted by molar-refractivity contribution is -0.126. The molecule has 4 nitrogen and oxygen atoms in total. The first-order valence-corrected chi connectivity index (χ1v) is 11.8. The lowest BCUT2D eigenvalue weighted by Crippen LogP contribution is -2.43. The van der Waals surface area contributed by atoms with Gasteiger partial charge in [-0.25, -0.2) is 0 Å². The lowest BCUT2D eigenvalue weighted by atomic mass is 9.95. The van der Waals surface area contributed by atoms with Crippen LogP contribution in [0.1, 0.15) is 28.8 Å². The van der Waals surface area contributed by atoms with Crippen LogP contribution in [0.2, 0.25) is 5.02 Å². The largest absolute Gasteiger partial charge is 0.356 e. The Hall–Kier alpha value is -2.63. The van der Waals surface area contributed by atoms with E-state index in [0.29, 0.717) is 43.1 Å². The minimum Gasteiger partial charge on any atom is -0.356 e. The number of hydrogen-bond acceptors (Lipinski definition) is 3. The van der Waals surface area contributed by atoms with Gasteiger partial charge in [0.1, 0.15) is 0 Å². The molecule has 0 atom stereocenters. The van der Waals surface area contributed by atoms with Gasteiger partial charge in [-0.3, -0.25) is 9.59 Å². The zero-order chi connectivity index (χ0) is 21.6. The average molecular weight is 453 g/mol. The van der Waals surface area contributed by atoms with Crippen LogP contribution in [0, 0.1) is 5.92 Å².